The minimum atomic E-state index is -0.357. The van der Waals surface area contributed by atoms with Gasteiger partial charge in [-0.25, -0.2) is 0 Å². The zero-order valence-electron chi connectivity index (χ0n) is 10.2. The average Bonchev–Trinajstić information content (AvgIpc) is 2.29. The lowest BCUT2D eigenvalue weighted by molar-refractivity contribution is -0.385. The predicted octanol–water partition coefficient (Wildman–Crippen LogP) is 3.35. The van der Waals surface area contributed by atoms with Gasteiger partial charge in [-0.3, -0.25) is 10.1 Å². The van der Waals surface area contributed by atoms with Crippen LogP contribution in [0.25, 0.3) is 0 Å². The summed E-state index contributed by atoms with van der Waals surface area (Å²) in [5.41, 5.74) is 0.819. The SMILES string of the molecule is CCC(NC)C(C)c1cc(Cl)ccc1[N+](=O)[O-]. The standard InChI is InChI=1S/C12H17ClN2O2/c1-4-11(14-3)8(2)10-7-9(13)5-6-12(10)15(16)17/h5-8,11,14H,4H2,1-3H3. The van der Waals surface area contributed by atoms with Gasteiger partial charge < -0.3 is 5.32 Å². The molecule has 0 radical (unpaired) electrons. The van der Waals surface area contributed by atoms with Crippen LogP contribution >= 0.6 is 11.6 Å². The fourth-order valence-electron chi connectivity index (χ4n) is 2.08. The van der Waals surface area contributed by atoms with Gasteiger partial charge in [0.15, 0.2) is 0 Å². The largest absolute Gasteiger partial charge is 0.316 e. The Morgan fingerprint density at radius 2 is 2.18 bits per heavy atom. The van der Waals surface area contributed by atoms with Crippen LogP contribution in [0, 0.1) is 10.1 Å². The maximum Gasteiger partial charge on any atom is 0.273 e. The smallest absolute Gasteiger partial charge is 0.273 e. The molecule has 17 heavy (non-hydrogen) atoms. The Labute approximate surface area is 106 Å². The van der Waals surface area contributed by atoms with E-state index in [0.717, 1.165) is 6.42 Å². The first-order valence-electron chi connectivity index (χ1n) is 5.62. The summed E-state index contributed by atoms with van der Waals surface area (Å²) < 4.78 is 0. The van der Waals surface area contributed by atoms with Crippen molar-refractivity contribution >= 4 is 17.3 Å². The van der Waals surface area contributed by atoms with Crippen molar-refractivity contribution in [2.75, 3.05) is 7.05 Å². The Balaban J connectivity index is 3.18. The van der Waals surface area contributed by atoms with Crippen molar-refractivity contribution < 1.29 is 4.92 Å². The molecule has 1 aromatic carbocycles. The van der Waals surface area contributed by atoms with Gasteiger partial charge in [-0.1, -0.05) is 25.4 Å². The predicted molar refractivity (Wildman–Crippen MR) is 69.7 cm³/mol. The van der Waals surface area contributed by atoms with Crippen LogP contribution in [0.3, 0.4) is 0 Å². The molecule has 1 rings (SSSR count). The topological polar surface area (TPSA) is 55.2 Å². The molecule has 0 spiro atoms. The van der Waals surface area contributed by atoms with Gasteiger partial charge in [-0.05, 0) is 25.6 Å². The first-order chi connectivity index (χ1) is 8.01. The lowest BCUT2D eigenvalue weighted by Gasteiger charge is -2.22. The van der Waals surface area contributed by atoms with Crippen LogP contribution in [-0.2, 0) is 0 Å². The van der Waals surface area contributed by atoms with Gasteiger partial charge in [-0.2, -0.15) is 0 Å². The van der Waals surface area contributed by atoms with Crippen LogP contribution in [0.4, 0.5) is 5.69 Å². The van der Waals surface area contributed by atoms with Gasteiger partial charge in [0.25, 0.3) is 5.69 Å². The Morgan fingerprint density at radius 3 is 2.65 bits per heavy atom. The number of halogens is 1. The van der Waals surface area contributed by atoms with Crippen molar-refractivity contribution in [1.29, 1.82) is 0 Å². The first kappa shape index (κ1) is 13.9. The van der Waals surface area contributed by atoms with E-state index in [-0.39, 0.29) is 22.6 Å². The van der Waals surface area contributed by atoms with Crippen molar-refractivity contribution in [2.45, 2.75) is 32.2 Å². The summed E-state index contributed by atoms with van der Waals surface area (Å²) in [6.45, 7) is 4.03. The summed E-state index contributed by atoms with van der Waals surface area (Å²) in [4.78, 5) is 10.6. The van der Waals surface area contributed by atoms with E-state index in [1.807, 2.05) is 20.9 Å². The molecule has 0 aliphatic carbocycles. The third kappa shape index (κ3) is 3.17. The summed E-state index contributed by atoms with van der Waals surface area (Å²) in [5, 5.41) is 14.7. The highest BCUT2D eigenvalue weighted by Gasteiger charge is 2.24. The number of hydrogen-bond donors (Lipinski definition) is 1. The van der Waals surface area contributed by atoms with Crippen molar-refractivity contribution in [3.8, 4) is 0 Å². The van der Waals surface area contributed by atoms with E-state index in [1.54, 1.807) is 12.1 Å². The number of likely N-dealkylation sites (N-methyl/N-ethyl adjacent to an activating group) is 1. The van der Waals surface area contributed by atoms with Gasteiger partial charge in [-0.15, -0.1) is 0 Å². The fourth-order valence-corrected chi connectivity index (χ4v) is 2.26. The molecule has 0 aliphatic rings. The zero-order chi connectivity index (χ0) is 13.0. The molecule has 0 saturated carbocycles. The third-order valence-electron chi connectivity index (χ3n) is 3.09. The summed E-state index contributed by atoms with van der Waals surface area (Å²) in [7, 11) is 1.86. The van der Waals surface area contributed by atoms with Gasteiger partial charge in [0.1, 0.15) is 0 Å². The molecule has 2 atom stereocenters. The van der Waals surface area contributed by atoms with E-state index in [1.165, 1.54) is 6.07 Å². The molecule has 0 aliphatic heterocycles. The highest BCUT2D eigenvalue weighted by molar-refractivity contribution is 6.30. The number of nitrogens with zero attached hydrogens (tertiary/aromatic N) is 1. The van der Waals surface area contributed by atoms with Crippen LogP contribution in [-0.4, -0.2) is 18.0 Å². The Bertz CT molecular complexity index is 405. The number of nitro groups is 1. The zero-order valence-corrected chi connectivity index (χ0v) is 11.0. The molecule has 0 amide bonds. The monoisotopic (exact) mass is 256 g/mol. The van der Waals surface area contributed by atoms with Gasteiger partial charge in [0, 0.05) is 28.6 Å². The second-order valence-corrected chi connectivity index (χ2v) is 4.49. The van der Waals surface area contributed by atoms with Crippen molar-refractivity contribution in [3.63, 3.8) is 0 Å². The molecule has 4 nitrogen and oxygen atoms in total. The molecule has 94 valence electrons. The lowest BCUT2D eigenvalue weighted by atomic mass is 9.90. The lowest BCUT2D eigenvalue weighted by Crippen LogP contribution is -2.30. The molecular weight excluding hydrogens is 240 g/mol. The van der Waals surface area contributed by atoms with Crippen LogP contribution < -0.4 is 5.32 Å². The highest BCUT2D eigenvalue weighted by Crippen LogP contribution is 2.31. The van der Waals surface area contributed by atoms with E-state index >= 15 is 0 Å². The number of rotatable bonds is 5. The molecular formula is C12H17ClN2O2. The maximum atomic E-state index is 11.0. The minimum Gasteiger partial charge on any atom is -0.316 e. The fraction of sp³-hybridized carbons (Fsp3) is 0.500. The van der Waals surface area contributed by atoms with E-state index in [4.69, 9.17) is 11.6 Å². The molecule has 5 heteroatoms. The normalized spacial score (nSPS) is 14.4. The van der Waals surface area contributed by atoms with Gasteiger partial charge in [0.05, 0.1) is 4.92 Å². The van der Waals surface area contributed by atoms with Crippen LogP contribution in [0.5, 0.6) is 0 Å². The van der Waals surface area contributed by atoms with Crippen LogP contribution in [0.15, 0.2) is 18.2 Å². The van der Waals surface area contributed by atoms with Gasteiger partial charge in [0.2, 0.25) is 0 Å². The molecule has 0 fully saturated rings. The van der Waals surface area contributed by atoms with Crippen LogP contribution in [0.2, 0.25) is 5.02 Å². The Kier molecular flexibility index (Phi) is 4.90. The maximum absolute atomic E-state index is 11.0. The van der Waals surface area contributed by atoms with Crippen molar-refractivity contribution in [3.05, 3.63) is 38.9 Å². The van der Waals surface area contributed by atoms with E-state index < -0.39 is 0 Å². The minimum absolute atomic E-state index is 0.0455. The average molecular weight is 257 g/mol. The highest BCUT2D eigenvalue weighted by atomic mass is 35.5. The Hall–Kier alpha value is -1.13. The number of nitrogens with one attached hydrogen (secondary N) is 1. The second-order valence-electron chi connectivity index (χ2n) is 4.05. The second kappa shape index (κ2) is 5.98. The molecule has 1 aromatic rings. The van der Waals surface area contributed by atoms with E-state index in [9.17, 15) is 10.1 Å². The van der Waals surface area contributed by atoms with Crippen LogP contribution in [0.1, 0.15) is 31.7 Å². The summed E-state index contributed by atoms with van der Waals surface area (Å²) in [6.07, 6.45) is 0.904. The van der Waals surface area contributed by atoms with Gasteiger partial charge >= 0.3 is 0 Å². The van der Waals surface area contributed by atoms with E-state index in [2.05, 4.69) is 5.32 Å². The Morgan fingerprint density at radius 1 is 1.53 bits per heavy atom. The molecule has 0 saturated heterocycles. The molecule has 0 bridgehead atoms. The summed E-state index contributed by atoms with van der Waals surface area (Å²) >= 11 is 5.91. The quantitative estimate of drug-likeness (QED) is 0.649. The van der Waals surface area contributed by atoms with Crippen molar-refractivity contribution in [2.24, 2.45) is 0 Å². The number of hydrogen-bond acceptors (Lipinski definition) is 3. The first-order valence-corrected chi connectivity index (χ1v) is 6.00. The third-order valence-corrected chi connectivity index (χ3v) is 3.33. The molecule has 0 heterocycles. The molecule has 0 aromatic heterocycles. The summed E-state index contributed by atoms with van der Waals surface area (Å²) in [5.74, 6) is 0.0455. The van der Waals surface area contributed by atoms with Crippen molar-refractivity contribution in [1.82, 2.24) is 5.32 Å². The number of nitro benzene ring substituents is 1. The molecule has 2 unspecified atom stereocenters. The van der Waals surface area contributed by atoms with E-state index in [0.29, 0.717) is 10.6 Å². The molecule has 1 N–H and O–H groups in total. The number of benzene rings is 1. The summed E-state index contributed by atoms with van der Waals surface area (Å²) in [6, 6.07) is 4.91.